The van der Waals surface area contributed by atoms with Crippen molar-refractivity contribution < 1.29 is 4.42 Å². The molecule has 94 valence electrons. The topological polar surface area (TPSA) is 86.4 Å². The van der Waals surface area contributed by atoms with E-state index in [1.54, 1.807) is 31.2 Å². The molecule has 1 aromatic carbocycles. The number of hydrogen-bond donors (Lipinski definition) is 1. The number of hydrogen-bond acceptors (Lipinski definition) is 5. The zero-order valence-corrected chi connectivity index (χ0v) is 10.4. The quantitative estimate of drug-likeness (QED) is 0.518. The van der Waals surface area contributed by atoms with Crippen molar-refractivity contribution in [3.05, 3.63) is 39.8 Å². The van der Waals surface area contributed by atoms with Gasteiger partial charge in [-0.3, -0.25) is 0 Å². The highest BCUT2D eigenvalue weighted by atomic mass is 35.5. The Bertz CT molecular complexity index is 627. The van der Waals surface area contributed by atoms with Gasteiger partial charge in [0.25, 0.3) is 0 Å². The van der Waals surface area contributed by atoms with Crippen LogP contribution in [0.15, 0.2) is 38.6 Å². The second kappa shape index (κ2) is 5.05. The summed E-state index contributed by atoms with van der Waals surface area (Å²) in [5.41, 5.74) is 1.26. The average molecular weight is 267 g/mol. The first-order valence-corrected chi connectivity index (χ1v) is 5.55. The summed E-state index contributed by atoms with van der Waals surface area (Å²) in [4.78, 5) is 11.5. The second-order valence-corrected chi connectivity index (χ2v) is 4.14. The van der Waals surface area contributed by atoms with Crippen LogP contribution >= 0.6 is 11.6 Å². The molecule has 7 heteroatoms. The molecule has 0 fully saturated rings. The van der Waals surface area contributed by atoms with Crippen molar-refractivity contribution >= 4 is 17.3 Å². The first-order valence-electron chi connectivity index (χ1n) is 5.17. The van der Waals surface area contributed by atoms with Crippen molar-refractivity contribution in [3.8, 4) is 11.5 Å². The Labute approximate surface area is 108 Å². The van der Waals surface area contributed by atoms with E-state index >= 15 is 0 Å². The fourth-order valence-corrected chi connectivity index (χ4v) is 1.50. The third kappa shape index (κ3) is 2.60. The monoisotopic (exact) mass is 266 g/mol. The largest absolute Gasteiger partial charge is 0.437 e. The summed E-state index contributed by atoms with van der Waals surface area (Å²) in [5, 5.41) is 8.14. The number of nitrogens with two attached hydrogens (primary N) is 1. The van der Waals surface area contributed by atoms with E-state index in [0.717, 1.165) is 4.68 Å². The predicted octanol–water partition coefficient (Wildman–Crippen LogP) is 1.49. The fraction of sp³-hybridized carbons (Fsp3) is 0.182. The van der Waals surface area contributed by atoms with Gasteiger partial charge in [0.1, 0.15) is 0 Å². The van der Waals surface area contributed by atoms with E-state index in [1.165, 1.54) is 0 Å². The van der Waals surface area contributed by atoms with Gasteiger partial charge in [0, 0.05) is 10.6 Å². The molecule has 2 rings (SSSR count). The van der Waals surface area contributed by atoms with Crippen LogP contribution in [-0.4, -0.2) is 15.5 Å². The number of aromatic nitrogens is 2. The number of rotatable bonds is 3. The van der Waals surface area contributed by atoms with Crippen LogP contribution in [0.1, 0.15) is 6.92 Å². The van der Waals surface area contributed by atoms with Crippen molar-refractivity contribution in [2.45, 2.75) is 13.5 Å². The molecule has 2 N–H and O–H groups in total. The van der Waals surface area contributed by atoms with E-state index in [1.807, 2.05) is 0 Å². The number of nitrogens with zero attached hydrogens (tertiary/aromatic N) is 3. The van der Waals surface area contributed by atoms with Crippen LogP contribution in [0.5, 0.6) is 0 Å². The summed E-state index contributed by atoms with van der Waals surface area (Å²) in [6.07, 6.45) is 0. The first-order chi connectivity index (χ1) is 8.60. The summed E-state index contributed by atoms with van der Waals surface area (Å²) < 4.78 is 6.21. The van der Waals surface area contributed by atoms with Gasteiger partial charge in [-0.25, -0.2) is 4.79 Å². The molecule has 0 aliphatic rings. The maximum Gasteiger partial charge on any atom is 0.437 e. The second-order valence-electron chi connectivity index (χ2n) is 3.70. The van der Waals surface area contributed by atoms with Gasteiger partial charge in [-0.05, 0) is 31.2 Å². The van der Waals surface area contributed by atoms with Crippen LogP contribution in [-0.2, 0) is 6.54 Å². The maximum absolute atomic E-state index is 11.5. The van der Waals surface area contributed by atoms with Gasteiger partial charge >= 0.3 is 5.76 Å². The minimum atomic E-state index is -0.553. The summed E-state index contributed by atoms with van der Waals surface area (Å²) in [5.74, 6) is 4.79. The zero-order valence-electron chi connectivity index (χ0n) is 9.63. The molecular weight excluding hydrogens is 256 g/mol. The van der Waals surface area contributed by atoms with Crippen molar-refractivity contribution in [2.24, 2.45) is 10.9 Å². The van der Waals surface area contributed by atoms with Gasteiger partial charge < -0.3 is 10.3 Å². The Balaban J connectivity index is 2.34. The molecule has 0 unspecified atom stereocenters. The molecule has 0 atom stereocenters. The third-order valence-electron chi connectivity index (χ3n) is 2.30. The van der Waals surface area contributed by atoms with Crippen molar-refractivity contribution in [3.63, 3.8) is 0 Å². The fourth-order valence-electron chi connectivity index (χ4n) is 1.37. The lowest BCUT2D eigenvalue weighted by molar-refractivity contribution is 0.500. The lowest BCUT2D eigenvalue weighted by Crippen LogP contribution is -2.20. The molecule has 0 saturated heterocycles. The average Bonchev–Trinajstić information content (AvgIpc) is 2.71. The van der Waals surface area contributed by atoms with E-state index in [2.05, 4.69) is 10.2 Å². The highest BCUT2D eigenvalue weighted by molar-refractivity contribution is 6.30. The normalized spacial score (nSPS) is 11.8. The lowest BCUT2D eigenvalue weighted by Gasteiger charge is -1.96. The van der Waals surface area contributed by atoms with E-state index < -0.39 is 5.76 Å². The SMILES string of the molecule is C/C(Cn1nc(-c2ccc(Cl)cc2)oc1=O)=N/N. The molecule has 6 nitrogen and oxygen atoms in total. The smallest absolute Gasteiger partial charge is 0.388 e. The summed E-state index contributed by atoms with van der Waals surface area (Å²) in [6, 6.07) is 6.84. The van der Waals surface area contributed by atoms with E-state index in [0.29, 0.717) is 16.3 Å². The Morgan fingerprint density at radius 1 is 1.50 bits per heavy atom. The molecule has 0 aliphatic heterocycles. The molecule has 0 amide bonds. The molecule has 1 heterocycles. The van der Waals surface area contributed by atoms with Gasteiger partial charge in [-0.2, -0.15) is 9.78 Å². The summed E-state index contributed by atoms with van der Waals surface area (Å²) in [6.45, 7) is 1.90. The van der Waals surface area contributed by atoms with Crippen LogP contribution in [0.2, 0.25) is 5.02 Å². The van der Waals surface area contributed by atoms with E-state index in [4.69, 9.17) is 21.9 Å². The molecule has 0 spiro atoms. The molecule has 0 saturated carbocycles. The highest BCUT2D eigenvalue weighted by Crippen LogP contribution is 2.18. The Morgan fingerprint density at radius 3 is 2.78 bits per heavy atom. The number of halogens is 1. The molecule has 0 radical (unpaired) electrons. The molecule has 0 bridgehead atoms. The lowest BCUT2D eigenvalue weighted by atomic mass is 10.2. The number of hydrazone groups is 1. The third-order valence-corrected chi connectivity index (χ3v) is 2.55. The van der Waals surface area contributed by atoms with Gasteiger partial charge in [0.2, 0.25) is 5.89 Å². The summed E-state index contributed by atoms with van der Waals surface area (Å²) >= 11 is 5.78. The van der Waals surface area contributed by atoms with Gasteiger partial charge in [0.05, 0.1) is 12.3 Å². The van der Waals surface area contributed by atoms with Crippen LogP contribution in [0.3, 0.4) is 0 Å². The molecule has 1 aromatic heterocycles. The van der Waals surface area contributed by atoms with Crippen LogP contribution in [0.25, 0.3) is 11.5 Å². The van der Waals surface area contributed by atoms with Crippen molar-refractivity contribution in [2.75, 3.05) is 0 Å². The highest BCUT2D eigenvalue weighted by Gasteiger charge is 2.10. The minimum Gasteiger partial charge on any atom is -0.388 e. The standard InChI is InChI=1S/C11H11ClN4O2/c1-7(14-13)6-16-11(17)18-10(15-16)8-2-4-9(12)5-3-8/h2-5H,6,13H2,1H3/b14-7-. The predicted molar refractivity (Wildman–Crippen MR) is 68.5 cm³/mol. The summed E-state index contributed by atoms with van der Waals surface area (Å²) in [7, 11) is 0. The molecule has 2 aromatic rings. The van der Waals surface area contributed by atoms with Crippen LogP contribution in [0.4, 0.5) is 0 Å². The van der Waals surface area contributed by atoms with Gasteiger partial charge in [-0.1, -0.05) is 11.6 Å². The zero-order chi connectivity index (χ0) is 13.1. The Kier molecular flexibility index (Phi) is 3.47. The van der Waals surface area contributed by atoms with E-state index in [9.17, 15) is 4.79 Å². The van der Waals surface area contributed by atoms with Crippen molar-refractivity contribution in [1.29, 1.82) is 0 Å². The van der Waals surface area contributed by atoms with Crippen molar-refractivity contribution in [1.82, 2.24) is 9.78 Å². The molecular formula is C11H11ClN4O2. The van der Waals surface area contributed by atoms with Gasteiger partial charge in [0.15, 0.2) is 0 Å². The van der Waals surface area contributed by atoms with Gasteiger partial charge in [-0.15, -0.1) is 5.10 Å². The van der Waals surface area contributed by atoms with Crippen LogP contribution < -0.4 is 11.6 Å². The maximum atomic E-state index is 11.5. The Hall–Kier alpha value is -2.08. The first kappa shape index (κ1) is 12.4. The minimum absolute atomic E-state index is 0.201. The van der Waals surface area contributed by atoms with E-state index in [-0.39, 0.29) is 12.4 Å². The number of benzene rings is 1. The molecule has 18 heavy (non-hydrogen) atoms. The van der Waals surface area contributed by atoms with Crippen LogP contribution in [0, 0.1) is 0 Å². The molecule has 0 aliphatic carbocycles. The Morgan fingerprint density at radius 2 is 2.17 bits per heavy atom.